The van der Waals surface area contributed by atoms with E-state index in [-0.39, 0.29) is 18.2 Å². The van der Waals surface area contributed by atoms with Crippen LogP contribution in [-0.2, 0) is 17.7 Å². The summed E-state index contributed by atoms with van der Waals surface area (Å²) in [6.07, 6.45) is 3.65. The molecule has 0 unspecified atom stereocenters. The Hall–Kier alpha value is -3.30. The zero-order chi connectivity index (χ0) is 31.2. The SMILES string of the molecule is C[C@H]1C[C@H](N(C)c2nc(OC[C@@H]3CCCN3C)nc3c2CCN(c2cccc4cccc(Cl)c24)C3)CN1C(=O)OC(C)(C)C. The zero-order valence-corrected chi connectivity index (χ0v) is 27.6. The minimum absolute atomic E-state index is 0.0650. The van der Waals surface area contributed by atoms with Gasteiger partial charge in [-0.3, -0.25) is 0 Å². The molecule has 3 aliphatic rings. The van der Waals surface area contributed by atoms with E-state index in [0.717, 1.165) is 70.9 Å². The molecule has 4 heterocycles. The highest BCUT2D eigenvalue weighted by molar-refractivity contribution is 6.36. The number of carbonyl (C=O) groups is 1. The van der Waals surface area contributed by atoms with E-state index in [9.17, 15) is 4.79 Å². The molecule has 2 fully saturated rings. The topological polar surface area (TPSA) is 74.3 Å². The van der Waals surface area contributed by atoms with Crippen LogP contribution in [0.2, 0.25) is 5.02 Å². The zero-order valence-electron chi connectivity index (χ0n) is 26.8. The normalized spacial score (nSPS) is 22.4. The molecule has 6 rings (SSSR count). The Kier molecular flexibility index (Phi) is 8.54. The molecule has 3 atom stereocenters. The Morgan fingerprint density at radius 1 is 1.14 bits per heavy atom. The van der Waals surface area contributed by atoms with Crippen LogP contribution >= 0.6 is 11.6 Å². The number of aromatic nitrogens is 2. The first kappa shape index (κ1) is 30.7. The first-order chi connectivity index (χ1) is 21.0. The van der Waals surface area contributed by atoms with Crippen molar-refractivity contribution in [3.05, 3.63) is 52.7 Å². The van der Waals surface area contributed by atoms with Crippen LogP contribution in [0.25, 0.3) is 10.8 Å². The van der Waals surface area contributed by atoms with E-state index >= 15 is 0 Å². The molecule has 3 aliphatic heterocycles. The molecule has 9 nitrogen and oxygen atoms in total. The molecule has 3 aromatic rings. The molecule has 0 saturated carbocycles. The van der Waals surface area contributed by atoms with Crippen LogP contribution in [-0.4, -0.2) is 89.9 Å². The third-order valence-corrected chi connectivity index (χ3v) is 9.65. The number of hydrogen-bond donors (Lipinski definition) is 0. The molecular weight excluding hydrogens is 576 g/mol. The number of hydrogen-bond acceptors (Lipinski definition) is 8. The van der Waals surface area contributed by atoms with Gasteiger partial charge in [0.05, 0.1) is 17.3 Å². The van der Waals surface area contributed by atoms with Gasteiger partial charge in [0.15, 0.2) is 0 Å². The molecule has 0 N–H and O–H groups in total. The van der Waals surface area contributed by atoms with Gasteiger partial charge in [0, 0.05) is 54.9 Å². The molecule has 10 heteroatoms. The molecule has 0 spiro atoms. The third kappa shape index (κ3) is 6.26. The van der Waals surface area contributed by atoms with Crippen molar-refractivity contribution in [2.45, 2.75) is 83.6 Å². The van der Waals surface area contributed by atoms with Crippen molar-refractivity contribution in [2.24, 2.45) is 0 Å². The summed E-state index contributed by atoms with van der Waals surface area (Å²) < 4.78 is 12.1. The standard InChI is InChI=1S/C34H45ClN6O3/c1-22-18-25(19-41(22)33(42)44-34(2,3)4)39(6)31-26-15-17-40(29-14-8-11-23-10-7-13-27(35)30(23)29)20-28(26)36-32(37-31)43-21-24-12-9-16-38(24)5/h7-8,10-11,13-14,22,24-25H,9,12,15-21H2,1-6H3/t22-,24-,25-/m0/s1. The molecule has 1 amide bonds. The van der Waals surface area contributed by atoms with E-state index in [1.54, 1.807) is 0 Å². The lowest BCUT2D eigenvalue weighted by atomic mass is 10.0. The van der Waals surface area contributed by atoms with Gasteiger partial charge < -0.3 is 29.1 Å². The van der Waals surface area contributed by atoms with Crippen LogP contribution in [0.5, 0.6) is 6.01 Å². The van der Waals surface area contributed by atoms with Gasteiger partial charge in [-0.15, -0.1) is 0 Å². The number of ether oxygens (including phenoxy) is 2. The minimum atomic E-state index is -0.535. The molecule has 44 heavy (non-hydrogen) atoms. The lowest BCUT2D eigenvalue weighted by Gasteiger charge is -2.35. The average molecular weight is 621 g/mol. The Bertz CT molecular complexity index is 1520. The molecule has 2 saturated heterocycles. The van der Waals surface area contributed by atoms with Gasteiger partial charge in [0.2, 0.25) is 0 Å². The van der Waals surface area contributed by atoms with Crippen molar-refractivity contribution in [3.8, 4) is 6.01 Å². The molecule has 1 aromatic heterocycles. The number of anilines is 2. The maximum absolute atomic E-state index is 13.0. The first-order valence-electron chi connectivity index (χ1n) is 15.9. The van der Waals surface area contributed by atoms with E-state index in [4.69, 9.17) is 31.0 Å². The van der Waals surface area contributed by atoms with Crippen molar-refractivity contribution in [1.29, 1.82) is 0 Å². The Labute approximate surface area is 266 Å². The van der Waals surface area contributed by atoms with E-state index < -0.39 is 5.60 Å². The maximum atomic E-state index is 13.0. The van der Waals surface area contributed by atoms with Crippen LogP contribution in [0.15, 0.2) is 36.4 Å². The smallest absolute Gasteiger partial charge is 0.410 e. The van der Waals surface area contributed by atoms with Gasteiger partial charge >= 0.3 is 12.1 Å². The van der Waals surface area contributed by atoms with Crippen molar-refractivity contribution in [1.82, 2.24) is 19.8 Å². The Morgan fingerprint density at radius 2 is 1.91 bits per heavy atom. The first-order valence-corrected chi connectivity index (χ1v) is 16.2. The molecule has 0 radical (unpaired) electrons. The van der Waals surface area contributed by atoms with Crippen LogP contribution < -0.4 is 14.5 Å². The van der Waals surface area contributed by atoms with Gasteiger partial charge in [-0.1, -0.05) is 35.9 Å². The average Bonchev–Trinajstić information content (AvgIpc) is 3.58. The summed E-state index contributed by atoms with van der Waals surface area (Å²) in [4.78, 5) is 31.8. The summed E-state index contributed by atoms with van der Waals surface area (Å²) in [6.45, 7) is 11.5. The molecule has 236 valence electrons. The molecule has 0 bridgehead atoms. The van der Waals surface area contributed by atoms with Crippen LogP contribution in [0.1, 0.15) is 58.2 Å². The van der Waals surface area contributed by atoms with Crippen LogP contribution in [0.3, 0.4) is 0 Å². The second kappa shape index (κ2) is 12.2. The fourth-order valence-electron chi connectivity index (χ4n) is 6.88. The molecular formula is C34H45ClN6O3. The van der Waals surface area contributed by atoms with Crippen molar-refractivity contribution in [2.75, 3.05) is 50.1 Å². The fourth-order valence-corrected chi connectivity index (χ4v) is 7.16. The summed E-state index contributed by atoms with van der Waals surface area (Å²) in [5, 5.41) is 2.94. The van der Waals surface area contributed by atoms with Gasteiger partial charge in [0.25, 0.3) is 0 Å². The predicted molar refractivity (Wildman–Crippen MR) is 176 cm³/mol. The van der Waals surface area contributed by atoms with Crippen molar-refractivity contribution in [3.63, 3.8) is 0 Å². The quantitative estimate of drug-likeness (QED) is 0.325. The van der Waals surface area contributed by atoms with Gasteiger partial charge in [-0.05, 0) is 84.5 Å². The fraction of sp³-hybridized carbons (Fsp3) is 0.559. The van der Waals surface area contributed by atoms with E-state index in [1.165, 1.54) is 6.42 Å². The summed E-state index contributed by atoms with van der Waals surface area (Å²) >= 11 is 6.72. The van der Waals surface area contributed by atoms with E-state index in [2.05, 4.69) is 60.0 Å². The minimum Gasteiger partial charge on any atom is -0.462 e. The highest BCUT2D eigenvalue weighted by atomic mass is 35.5. The summed E-state index contributed by atoms with van der Waals surface area (Å²) in [7, 11) is 4.24. The molecule has 2 aromatic carbocycles. The van der Waals surface area contributed by atoms with Gasteiger partial charge in [0.1, 0.15) is 18.0 Å². The number of likely N-dealkylation sites (tertiary alicyclic amines) is 2. The summed E-state index contributed by atoms with van der Waals surface area (Å²) in [5.41, 5.74) is 2.69. The predicted octanol–water partition coefficient (Wildman–Crippen LogP) is 6.15. The third-order valence-electron chi connectivity index (χ3n) is 9.33. The van der Waals surface area contributed by atoms with Crippen LogP contribution in [0, 0.1) is 0 Å². The number of likely N-dealkylation sites (N-methyl/N-ethyl adjacent to an activating group) is 2. The Morgan fingerprint density at radius 3 is 2.64 bits per heavy atom. The summed E-state index contributed by atoms with van der Waals surface area (Å²) in [5.74, 6) is 0.892. The molecule has 0 aliphatic carbocycles. The summed E-state index contributed by atoms with van der Waals surface area (Å²) in [6, 6.07) is 13.3. The van der Waals surface area contributed by atoms with E-state index in [0.29, 0.717) is 31.7 Å². The number of nitrogens with zero attached hydrogens (tertiary/aromatic N) is 6. The van der Waals surface area contributed by atoms with Gasteiger partial charge in [-0.25, -0.2) is 4.79 Å². The lowest BCUT2D eigenvalue weighted by molar-refractivity contribution is 0.0237. The number of amides is 1. The monoisotopic (exact) mass is 620 g/mol. The number of fused-ring (bicyclic) bond motifs is 2. The highest BCUT2D eigenvalue weighted by Crippen LogP contribution is 2.38. The van der Waals surface area contributed by atoms with Crippen molar-refractivity contribution >= 4 is 40.0 Å². The number of rotatable bonds is 6. The second-order valence-electron chi connectivity index (χ2n) is 13.6. The number of carbonyl (C=O) groups excluding carboxylic acids is 1. The lowest BCUT2D eigenvalue weighted by Crippen LogP contribution is -2.41. The Balaban J connectivity index is 1.30. The van der Waals surface area contributed by atoms with Gasteiger partial charge in [-0.2, -0.15) is 9.97 Å². The highest BCUT2D eigenvalue weighted by Gasteiger charge is 2.38. The number of benzene rings is 2. The van der Waals surface area contributed by atoms with Crippen LogP contribution in [0.4, 0.5) is 16.3 Å². The van der Waals surface area contributed by atoms with Crippen molar-refractivity contribution < 1.29 is 14.3 Å². The number of halogens is 1. The van der Waals surface area contributed by atoms with E-state index in [1.807, 2.05) is 37.8 Å². The largest absolute Gasteiger partial charge is 0.462 e. The second-order valence-corrected chi connectivity index (χ2v) is 14.0. The maximum Gasteiger partial charge on any atom is 0.410 e.